The summed E-state index contributed by atoms with van der Waals surface area (Å²) >= 11 is 0. The van der Waals surface area contributed by atoms with Crippen LogP contribution >= 0.6 is 0 Å². The fourth-order valence-electron chi connectivity index (χ4n) is 2.94. The molecule has 1 aliphatic heterocycles. The number of carbonyl (C=O) groups is 1. The average molecular weight is 400 g/mol. The van der Waals surface area contributed by atoms with E-state index in [1.54, 1.807) is 17.0 Å². The van der Waals surface area contributed by atoms with Gasteiger partial charge in [0.25, 0.3) is 0 Å². The molecule has 1 heterocycles. The zero-order chi connectivity index (χ0) is 19.9. The lowest BCUT2D eigenvalue weighted by molar-refractivity contribution is 0.172. The van der Waals surface area contributed by atoms with E-state index >= 15 is 0 Å². The number of nitrogens with one attached hydrogen (secondary N) is 1. The van der Waals surface area contributed by atoms with Gasteiger partial charge in [-0.25, -0.2) is 13.2 Å². The minimum Gasteiger partial charge on any atom is -0.497 e. The van der Waals surface area contributed by atoms with Gasteiger partial charge in [-0.2, -0.15) is 4.31 Å². The predicted octanol–water partition coefficient (Wildman–Crippen LogP) is 1.91. The lowest BCUT2D eigenvalue weighted by Gasteiger charge is -2.34. The molecule has 0 aliphatic carbocycles. The van der Waals surface area contributed by atoms with Crippen LogP contribution in [0.2, 0.25) is 0 Å². The smallest absolute Gasteiger partial charge is 0.317 e. The highest BCUT2D eigenvalue weighted by molar-refractivity contribution is 7.89. The first-order valence-electron chi connectivity index (χ1n) is 9.19. The van der Waals surface area contributed by atoms with Crippen molar-refractivity contribution in [3.8, 4) is 11.5 Å². The van der Waals surface area contributed by atoms with Crippen molar-refractivity contribution in [2.75, 3.05) is 46.9 Å². The number of nitrogens with zero attached hydrogens (tertiary/aromatic N) is 2. The van der Waals surface area contributed by atoms with Crippen LogP contribution in [0.5, 0.6) is 11.5 Å². The Morgan fingerprint density at radius 1 is 1.11 bits per heavy atom. The number of carbonyl (C=O) groups excluding carboxylic acids is 1. The van der Waals surface area contributed by atoms with Crippen LogP contribution in [0.3, 0.4) is 0 Å². The van der Waals surface area contributed by atoms with Crippen LogP contribution in [0.25, 0.3) is 0 Å². The van der Waals surface area contributed by atoms with E-state index < -0.39 is 10.0 Å². The van der Waals surface area contributed by atoms with E-state index in [0.29, 0.717) is 25.4 Å². The zero-order valence-electron chi connectivity index (χ0n) is 16.2. The molecular weight excluding hydrogens is 370 g/mol. The molecule has 0 unspecified atom stereocenters. The van der Waals surface area contributed by atoms with E-state index in [9.17, 15) is 13.2 Å². The third-order valence-corrected chi connectivity index (χ3v) is 6.49. The molecule has 0 radical (unpaired) electrons. The van der Waals surface area contributed by atoms with Crippen LogP contribution in [-0.4, -0.2) is 70.6 Å². The number of rotatable bonds is 8. The summed E-state index contributed by atoms with van der Waals surface area (Å²) in [6, 6.07) is 4.55. The van der Waals surface area contributed by atoms with Gasteiger partial charge in [0, 0.05) is 38.8 Å². The quantitative estimate of drug-likeness (QED) is 0.675. The highest BCUT2D eigenvalue weighted by Gasteiger charge is 2.32. The molecule has 1 saturated heterocycles. The number of hydrogen-bond acceptors (Lipinski definition) is 5. The Labute approximate surface area is 161 Å². The van der Waals surface area contributed by atoms with Gasteiger partial charge in [-0.1, -0.05) is 19.8 Å². The van der Waals surface area contributed by atoms with Gasteiger partial charge in [0.2, 0.25) is 10.0 Å². The van der Waals surface area contributed by atoms with Gasteiger partial charge in [-0.05, 0) is 18.6 Å². The molecule has 0 saturated carbocycles. The molecule has 152 valence electrons. The highest BCUT2D eigenvalue weighted by atomic mass is 32.2. The Balaban J connectivity index is 2.01. The molecule has 0 aromatic heterocycles. The number of urea groups is 1. The number of benzene rings is 1. The van der Waals surface area contributed by atoms with Crippen LogP contribution < -0.4 is 14.8 Å². The SMILES string of the molecule is CCCCCNC(=O)N1CCN(S(=O)(=O)c2cc(OC)ccc2OC)CC1. The fraction of sp³-hybridized carbons (Fsp3) is 0.611. The molecule has 27 heavy (non-hydrogen) atoms. The summed E-state index contributed by atoms with van der Waals surface area (Å²) in [6.45, 7) is 3.94. The largest absolute Gasteiger partial charge is 0.497 e. The lowest BCUT2D eigenvalue weighted by atomic mass is 10.2. The Bertz CT molecular complexity index is 731. The number of hydrogen-bond donors (Lipinski definition) is 1. The molecule has 2 rings (SSSR count). The van der Waals surface area contributed by atoms with Crippen molar-refractivity contribution in [1.82, 2.24) is 14.5 Å². The minimum atomic E-state index is -3.74. The number of amides is 2. The molecule has 1 N–H and O–H groups in total. The monoisotopic (exact) mass is 399 g/mol. The summed E-state index contributed by atoms with van der Waals surface area (Å²) in [4.78, 5) is 13.9. The second kappa shape index (κ2) is 9.80. The van der Waals surface area contributed by atoms with Gasteiger partial charge in [0.1, 0.15) is 16.4 Å². The maximum Gasteiger partial charge on any atom is 0.317 e. The fourth-order valence-corrected chi connectivity index (χ4v) is 4.53. The first kappa shape index (κ1) is 21.3. The molecule has 9 heteroatoms. The number of piperazine rings is 1. The van der Waals surface area contributed by atoms with Crippen LogP contribution in [0.15, 0.2) is 23.1 Å². The number of methoxy groups -OCH3 is 2. The summed E-state index contributed by atoms with van der Waals surface area (Å²) in [5, 5.41) is 2.89. The zero-order valence-corrected chi connectivity index (χ0v) is 17.0. The van der Waals surface area contributed by atoms with Gasteiger partial charge in [-0.15, -0.1) is 0 Å². The maximum absolute atomic E-state index is 13.0. The summed E-state index contributed by atoms with van der Waals surface area (Å²) in [5.41, 5.74) is 0. The first-order valence-corrected chi connectivity index (χ1v) is 10.6. The Morgan fingerprint density at radius 3 is 2.41 bits per heavy atom. The number of ether oxygens (including phenoxy) is 2. The van der Waals surface area contributed by atoms with Gasteiger partial charge in [0.15, 0.2) is 0 Å². The molecule has 0 spiro atoms. The summed E-state index contributed by atoms with van der Waals surface area (Å²) < 4.78 is 37.8. The van der Waals surface area contributed by atoms with Crippen molar-refractivity contribution in [1.29, 1.82) is 0 Å². The normalized spacial score (nSPS) is 15.4. The second-order valence-electron chi connectivity index (χ2n) is 6.35. The molecule has 1 fully saturated rings. The van der Waals surface area contributed by atoms with E-state index in [4.69, 9.17) is 9.47 Å². The van der Waals surface area contributed by atoms with Gasteiger partial charge >= 0.3 is 6.03 Å². The van der Waals surface area contributed by atoms with Crippen molar-refractivity contribution < 1.29 is 22.7 Å². The van der Waals surface area contributed by atoms with E-state index in [2.05, 4.69) is 12.2 Å². The minimum absolute atomic E-state index is 0.0711. The topological polar surface area (TPSA) is 88.2 Å². The molecule has 0 atom stereocenters. The maximum atomic E-state index is 13.0. The van der Waals surface area contributed by atoms with Crippen molar-refractivity contribution in [3.05, 3.63) is 18.2 Å². The molecule has 1 aliphatic rings. The van der Waals surface area contributed by atoms with Crippen molar-refractivity contribution >= 4 is 16.1 Å². The van der Waals surface area contributed by atoms with Gasteiger partial charge in [-0.3, -0.25) is 0 Å². The first-order chi connectivity index (χ1) is 12.9. The van der Waals surface area contributed by atoms with E-state index in [0.717, 1.165) is 19.3 Å². The second-order valence-corrected chi connectivity index (χ2v) is 8.25. The summed E-state index contributed by atoms with van der Waals surface area (Å²) in [7, 11) is -0.826. The van der Waals surface area contributed by atoms with Crippen LogP contribution in [-0.2, 0) is 10.0 Å². The standard InChI is InChI=1S/C18H29N3O5S/c1-4-5-6-9-19-18(22)20-10-12-21(13-11-20)27(23,24)17-14-15(25-2)7-8-16(17)26-3/h7-8,14H,4-6,9-13H2,1-3H3,(H,19,22). The number of sulfonamides is 1. The molecule has 1 aromatic carbocycles. The molecular formula is C18H29N3O5S. The summed E-state index contributed by atoms with van der Waals surface area (Å²) in [6.07, 6.45) is 3.13. The number of unbranched alkanes of at least 4 members (excludes halogenated alkanes) is 2. The van der Waals surface area contributed by atoms with Crippen LogP contribution in [0.1, 0.15) is 26.2 Å². The van der Waals surface area contributed by atoms with E-state index in [1.165, 1.54) is 24.6 Å². The summed E-state index contributed by atoms with van der Waals surface area (Å²) in [5.74, 6) is 0.714. The Morgan fingerprint density at radius 2 is 1.81 bits per heavy atom. The van der Waals surface area contributed by atoms with Crippen LogP contribution in [0.4, 0.5) is 4.79 Å². The average Bonchev–Trinajstić information content (AvgIpc) is 2.70. The molecule has 1 aromatic rings. The highest BCUT2D eigenvalue weighted by Crippen LogP contribution is 2.31. The van der Waals surface area contributed by atoms with Crippen LogP contribution in [0, 0.1) is 0 Å². The van der Waals surface area contributed by atoms with E-state index in [-0.39, 0.29) is 29.8 Å². The lowest BCUT2D eigenvalue weighted by Crippen LogP contribution is -2.53. The molecule has 2 amide bonds. The van der Waals surface area contributed by atoms with Gasteiger partial charge < -0.3 is 19.7 Å². The van der Waals surface area contributed by atoms with E-state index in [1.807, 2.05) is 0 Å². The predicted molar refractivity (Wildman–Crippen MR) is 103 cm³/mol. The molecule has 0 bridgehead atoms. The third-order valence-electron chi connectivity index (χ3n) is 4.57. The Kier molecular flexibility index (Phi) is 7.73. The third kappa shape index (κ3) is 5.26. The van der Waals surface area contributed by atoms with Crippen molar-refractivity contribution in [3.63, 3.8) is 0 Å². The Hall–Kier alpha value is -2.00. The van der Waals surface area contributed by atoms with Crippen molar-refractivity contribution in [2.45, 2.75) is 31.1 Å². The van der Waals surface area contributed by atoms with Crippen molar-refractivity contribution in [2.24, 2.45) is 0 Å². The van der Waals surface area contributed by atoms with Gasteiger partial charge in [0.05, 0.1) is 14.2 Å². The molecule has 8 nitrogen and oxygen atoms in total.